The normalized spacial score (nSPS) is 11.5. The van der Waals surface area contributed by atoms with Gasteiger partial charge in [0.05, 0.1) is 9.82 Å². The number of nitrogens with zero attached hydrogens (tertiary/aromatic N) is 2. The molecule has 2 aromatic rings. The predicted molar refractivity (Wildman–Crippen MR) is 121 cm³/mol. The number of hydrogen-bond donors (Lipinski definition) is 3. The number of nitro groups is 1. The van der Waals surface area contributed by atoms with Crippen molar-refractivity contribution < 1.29 is 13.3 Å². The number of benzene rings is 1. The Bertz CT molecular complexity index is 888. The second-order valence-electron chi connectivity index (χ2n) is 5.41. The van der Waals surface area contributed by atoms with E-state index in [1.807, 2.05) is 11.4 Å². The first kappa shape index (κ1) is 24.3. The monoisotopic (exact) mass is 539 g/mol. The van der Waals surface area contributed by atoms with Gasteiger partial charge >= 0.3 is 0 Å². The Morgan fingerprint density at radius 2 is 1.93 bits per heavy atom. The highest BCUT2D eigenvalue weighted by atomic mass is 127. The number of aliphatic imine (C=N–C) groups is 1. The summed E-state index contributed by atoms with van der Waals surface area (Å²) in [7, 11) is -2.19. The minimum absolute atomic E-state index is 0. The third-order valence-electron chi connectivity index (χ3n) is 3.52. The first-order valence-electron chi connectivity index (χ1n) is 8.13. The lowest BCUT2D eigenvalue weighted by atomic mass is 10.3. The average Bonchev–Trinajstić information content (AvgIpc) is 3.17. The van der Waals surface area contributed by atoms with Crippen molar-refractivity contribution in [3.63, 3.8) is 0 Å². The Morgan fingerprint density at radius 3 is 2.57 bits per heavy atom. The molecule has 0 amide bonds. The van der Waals surface area contributed by atoms with E-state index < -0.39 is 14.9 Å². The molecule has 0 aliphatic heterocycles. The summed E-state index contributed by atoms with van der Waals surface area (Å²) in [5.41, 5.74) is -0.272. The number of thiophene rings is 1. The molecular formula is C16H22IN5O4S2. The minimum Gasteiger partial charge on any atom is -0.356 e. The molecule has 0 fully saturated rings. The minimum atomic E-state index is -3.82. The van der Waals surface area contributed by atoms with Gasteiger partial charge in [-0.05, 0) is 23.9 Å². The van der Waals surface area contributed by atoms with Gasteiger partial charge in [0.25, 0.3) is 5.69 Å². The van der Waals surface area contributed by atoms with Gasteiger partial charge in [0.15, 0.2) is 5.96 Å². The molecule has 0 bridgehead atoms. The zero-order chi connectivity index (χ0) is 19.7. The Kier molecular flexibility index (Phi) is 10.3. The smallest absolute Gasteiger partial charge is 0.270 e. The van der Waals surface area contributed by atoms with Gasteiger partial charge in [-0.2, -0.15) is 0 Å². The van der Waals surface area contributed by atoms with E-state index in [9.17, 15) is 18.5 Å². The van der Waals surface area contributed by atoms with Crippen molar-refractivity contribution in [2.24, 2.45) is 4.99 Å². The molecule has 28 heavy (non-hydrogen) atoms. The van der Waals surface area contributed by atoms with E-state index in [-0.39, 0.29) is 41.1 Å². The molecule has 2 rings (SSSR count). The highest BCUT2D eigenvalue weighted by molar-refractivity contribution is 14.0. The van der Waals surface area contributed by atoms with Crippen LogP contribution in [0.5, 0.6) is 0 Å². The van der Waals surface area contributed by atoms with Crippen molar-refractivity contribution in [1.82, 2.24) is 15.4 Å². The second kappa shape index (κ2) is 11.9. The number of halogens is 1. The molecule has 0 radical (unpaired) electrons. The maximum atomic E-state index is 12.2. The van der Waals surface area contributed by atoms with Gasteiger partial charge in [-0.3, -0.25) is 15.1 Å². The molecular weight excluding hydrogens is 517 g/mol. The molecule has 9 nitrogen and oxygen atoms in total. The number of guanidine groups is 1. The SMILES string of the molecule is CN=C(NCCNS(=O)(=O)c1cccc([N+](=O)[O-])c1)NCCc1cccs1.I. The average molecular weight is 539 g/mol. The maximum Gasteiger partial charge on any atom is 0.270 e. The molecule has 0 aliphatic rings. The second-order valence-corrected chi connectivity index (χ2v) is 8.21. The molecule has 0 spiro atoms. The van der Waals surface area contributed by atoms with E-state index in [1.54, 1.807) is 18.4 Å². The van der Waals surface area contributed by atoms with E-state index >= 15 is 0 Å². The van der Waals surface area contributed by atoms with E-state index in [0.29, 0.717) is 19.0 Å². The van der Waals surface area contributed by atoms with Gasteiger partial charge in [0, 0.05) is 43.7 Å². The van der Waals surface area contributed by atoms with Crippen molar-refractivity contribution >= 4 is 57.0 Å². The van der Waals surface area contributed by atoms with Crippen molar-refractivity contribution in [3.05, 3.63) is 56.8 Å². The topological polar surface area (TPSA) is 126 Å². The highest BCUT2D eigenvalue weighted by Crippen LogP contribution is 2.16. The van der Waals surface area contributed by atoms with Crippen LogP contribution in [-0.2, 0) is 16.4 Å². The van der Waals surface area contributed by atoms with Crippen LogP contribution >= 0.6 is 35.3 Å². The van der Waals surface area contributed by atoms with Crippen LogP contribution in [-0.4, -0.2) is 46.0 Å². The lowest BCUT2D eigenvalue weighted by Gasteiger charge is -2.12. The number of sulfonamides is 1. The quantitative estimate of drug-likeness (QED) is 0.112. The van der Waals surface area contributed by atoms with Crippen molar-refractivity contribution in [2.45, 2.75) is 11.3 Å². The predicted octanol–water partition coefficient (Wildman–Crippen LogP) is 1.96. The van der Waals surface area contributed by atoms with Crippen LogP contribution < -0.4 is 15.4 Å². The van der Waals surface area contributed by atoms with Crippen molar-refractivity contribution in [3.8, 4) is 0 Å². The summed E-state index contributed by atoms with van der Waals surface area (Å²) < 4.78 is 26.8. The summed E-state index contributed by atoms with van der Waals surface area (Å²) in [6.45, 7) is 1.13. The zero-order valence-corrected chi connectivity index (χ0v) is 19.1. The Balaban J connectivity index is 0.00000392. The molecule has 12 heteroatoms. The third-order valence-corrected chi connectivity index (χ3v) is 5.91. The van der Waals surface area contributed by atoms with Crippen LogP contribution in [0.15, 0.2) is 51.7 Å². The molecule has 0 aliphatic carbocycles. The van der Waals surface area contributed by atoms with Gasteiger partial charge in [-0.15, -0.1) is 35.3 Å². The number of nitro benzene ring substituents is 1. The lowest BCUT2D eigenvalue weighted by Crippen LogP contribution is -2.42. The van der Waals surface area contributed by atoms with Gasteiger partial charge in [-0.25, -0.2) is 13.1 Å². The van der Waals surface area contributed by atoms with E-state index in [4.69, 9.17) is 0 Å². The maximum absolute atomic E-state index is 12.2. The largest absolute Gasteiger partial charge is 0.356 e. The summed E-state index contributed by atoms with van der Waals surface area (Å²) in [5.74, 6) is 0.570. The fourth-order valence-electron chi connectivity index (χ4n) is 2.19. The standard InChI is InChI=1S/C16H21N5O4S2.HI/c1-17-16(18-8-7-14-5-3-11-26-14)19-9-10-20-27(24,25)15-6-2-4-13(12-15)21(22)23;/h2-6,11-12,20H,7-10H2,1H3,(H2,17,18,19);1H. The summed E-state index contributed by atoms with van der Waals surface area (Å²) in [6, 6.07) is 8.98. The van der Waals surface area contributed by atoms with E-state index in [2.05, 4.69) is 26.4 Å². The van der Waals surface area contributed by atoms with Crippen molar-refractivity contribution in [2.75, 3.05) is 26.7 Å². The number of nitrogens with one attached hydrogen (secondary N) is 3. The molecule has 0 unspecified atom stereocenters. The van der Waals surface area contributed by atoms with Crippen LogP contribution in [0, 0.1) is 10.1 Å². The van der Waals surface area contributed by atoms with Gasteiger partial charge < -0.3 is 10.6 Å². The summed E-state index contributed by atoms with van der Waals surface area (Å²) in [4.78, 5) is 15.3. The number of non-ortho nitro benzene ring substituents is 1. The Morgan fingerprint density at radius 1 is 1.18 bits per heavy atom. The Hall–Kier alpha value is -1.77. The molecule has 1 aromatic carbocycles. The van der Waals surface area contributed by atoms with Crippen LogP contribution in [0.3, 0.4) is 0 Å². The lowest BCUT2D eigenvalue weighted by molar-refractivity contribution is -0.385. The molecule has 0 atom stereocenters. The molecule has 1 heterocycles. The van der Waals surface area contributed by atoms with Crippen LogP contribution in [0.25, 0.3) is 0 Å². The van der Waals surface area contributed by atoms with E-state index in [0.717, 1.165) is 12.5 Å². The van der Waals surface area contributed by atoms with Crippen LogP contribution in [0.1, 0.15) is 4.88 Å². The number of rotatable bonds is 9. The third kappa shape index (κ3) is 7.69. The summed E-state index contributed by atoms with van der Waals surface area (Å²) in [5, 5.41) is 19.0. The van der Waals surface area contributed by atoms with Gasteiger partial charge in [-0.1, -0.05) is 12.1 Å². The molecule has 1 aromatic heterocycles. The van der Waals surface area contributed by atoms with Gasteiger partial charge in [0.2, 0.25) is 10.0 Å². The molecule has 0 saturated heterocycles. The molecule has 3 N–H and O–H groups in total. The van der Waals surface area contributed by atoms with E-state index in [1.165, 1.54) is 23.1 Å². The number of hydrogen-bond acceptors (Lipinski definition) is 6. The summed E-state index contributed by atoms with van der Waals surface area (Å²) in [6.07, 6.45) is 0.873. The first-order chi connectivity index (χ1) is 12.9. The van der Waals surface area contributed by atoms with Crippen LogP contribution in [0.4, 0.5) is 5.69 Å². The molecule has 154 valence electrons. The Labute approximate surface area is 184 Å². The fraction of sp³-hybridized carbons (Fsp3) is 0.312. The first-order valence-corrected chi connectivity index (χ1v) is 10.5. The summed E-state index contributed by atoms with van der Waals surface area (Å²) >= 11 is 1.69. The highest BCUT2D eigenvalue weighted by Gasteiger charge is 2.16. The van der Waals surface area contributed by atoms with Gasteiger partial charge in [0.1, 0.15) is 0 Å². The van der Waals surface area contributed by atoms with Crippen LogP contribution in [0.2, 0.25) is 0 Å². The van der Waals surface area contributed by atoms with Crippen molar-refractivity contribution in [1.29, 1.82) is 0 Å². The zero-order valence-electron chi connectivity index (χ0n) is 15.1. The molecule has 0 saturated carbocycles. The fourth-order valence-corrected chi connectivity index (χ4v) is 3.97.